The maximum Gasteiger partial charge on any atom is 0.152 e. The Kier molecular flexibility index (Phi) is 2.52. The van der Waals surface area contributed by atoms with Gasteiger partial charge in [-0.05, 0) is 28.1 Å². The molecule has 11 heavy (non-hydrogen) atoms. The van der Waals surface area contributed by atoms with E-state index in [0.29, 0.717) is 11.3 Å². The maximum atomic E-state index is 10.4. The highest BCUT2D eigenvalue weighted by atomic mass is 79.9. The van der Waals surface area contributed by atoms with Gasteiger partial charge in [-0.3, -0.25) is 0 Å². The van der Waals surface area contributed by atoms with Gasteiger partial charge in [-0.15, -0.1) is 0 Å². The Morgan fingerprint density at radius 3 is 2.91 bits per heavy atom. The second-order valence-electron chi connectivity index (χ2n) is 2.28. The molecule has 0 aromatic rings. The average Bonchev–Trinajstić information content (AvgIpc) is 1.85. The lowest BCUT2D eigenvalue weighted by atomic mass is 9.99. The van der Waals surface area contributed by atoms with Gasteiger partial charge in [0.05, 0.1) is 5.92 Å². The Bertz CT molecular complexity index is 233. The summed E-state index contributed by atoms with van der Waals surface area (Å²) in [5, 5.41) is 9.90. The Labute approximate surface area is 77.7 Å². The number of hydrogen-bond donors (Lipinski definition) is 1. The second kappa shape index (κ2) is 3.09. The van der Waals surface area contributed by atoms with E-state index in [4.69, 9.17) is 11.6 Å². The van der Waals surface area contributed by atoms with Crippen LogP contribution in [0.5, 0.6) is 0 Å². The first kappa shape index (κ1) is 8.97. The molecular formula is C7H6BrClO2. The molecule has 0 fully saturated rings. The fourth-order valence-electron chi connectivity index (χ4n) is 0.809. The largest absolute Gasteiger partial charge is 0.374 e. The standard InChI is InChI=1S/C7H6BrClO2/c8-7(11)3-6(9)2-1-5(7)4-10/h1-5,11H. The van der Waals surface area contributed by atoms with Crippen molar-refractivity contribution in [2.24, 2.45) is 5.92 Å². The highest BCUT2D eigenvalue weighted by Gasteiger charge is 2.32. The van der Waals surface area contributed by atoms with Crippen LogP contribution in [0.3, 0.4) is 0 Å². The number of aliphatic hydroxyl groups is 1. The minimum absolute atomic E-state index is 0.419. The molecule has 4 heteroatoms. The fourth-order valence-corrected chi connectivity index (χ4v) is 1.69. The first-order chi connectivity index (χ1) is 5.06. The summed E-state index contributed by atoms with van der Waals surface area (Å²) in [5.74, 6) is -0.565. The van der Waals surface area contributed by atoms with Crippen molar-refractivity contribution in [2.75, 3.05) is 0 Å². The van der Waals surface area contributed by atoms with E-state index in [2.05, 4.69) is 15.9 Å². The number of carbonyl (C=O) groups excluding carboxylic acids is 1. The Morgan fingerprint density at radius 2 is 2.45 bits per heavy atom. The molecule has 2 unspecified atom stereocenters. The minimum atomic E-state index is -1.32. The number of hydrogen-bond acceptors (Lipinski definition) is 2. The second-order valence-corrected chi connectivity index (χ2v) is 3.98. The summed E-state index contributed by atoms with van der Waals surface area (Å²) < 4.78 is -1.32. The van der Waals surface area contributed by atoms with Crippen LogP contribution in [0, 0.1) is 5.92 Å². The molecule has 0 spiro atoms. The molecule has 0 bridgehead atoms. The van der Waals surface area contributed by atoms with E-state index >= 15 is 0 Å². The van der Waals surface area contributed by atoms with E-state index in [-0.39, 0.29) is 0 Å². The average molecular weight is 237 g/mol. The summed E-state index contributed by atoms with van der Waals surface area (Å²) in [6.07, 6.45) is 5.17. The summed E-state index contributed by atoms with van der Waals surface area (Å²) >= 11 is 8.56. The van der Waals surface area contributed by atoms with Crippen LogP contribution in [0.25, 0.3) is 0 Å². The van der Waals surface area contributed by atoms with E-state index in [1.807, 2.05) is 0 Å². The quantitative estimate of drug-likeness (QED) is 0.555. The van der Waals surface area contributed by atoms with Crippen molar-refractivity contribution >= 4 is 33.8 Å². The van der Waals surface area contributed by atoms with E-state index in [1.54, 1.807) is 12.2 Å². The Morgan fingerprint density at radius 1 is 1.82 bits per heavy atom. The monoisotopic (exact) mass is 236 g/mol. The molecule has 2 nitrogen and oxygen atoms in total. The van der Waals surface area contributed by atoms with Crippen LogP contribution in [0.2, 0.25) is 0 Å². The van der Waals surface area contributed by atoms with Crippen LogP contribution < -0.4 is 0 Å². The maximum absolute atomic E-state index is 10.4. The number of alkyl halides is 1. The lowest BCUT2D eigenvalue weighted by Gasteiger charge is -2.24. The summed E-state index contributed by atoms with van der Waals surface area (Å²) in [6, 6.07) is 0. The van der Waals surface area contributed by atoms with E-state index in [0.717, 1.165) is 0 Å². The van der Waals surface area contributed by atoms with Crippen LogP contribution >= 0.6 is 27.5 Å². The predicted octanol–water partition coefficient (Wildman–Crippen LogP) is 1.58. The van der Waals surface area contributed by atoms with Gasteiger partial charge in [-0.25, -0.2) is 0 Å². The normalized spacial score (nSPS) is 36.6. The highest BCUT2D eigenvalue weighted by Crippen LogP contribution is 2.32. The molecule has 0 aromatic heterocycles. The topological polar surface area (TPSA) is 37.3 Å². The first-order valence-corrected chi connectivity index (χ1v) is 4.16. The molecule has 1 aliphatic carbocycles. The summed E-state index contributed by atoms with van der Waals surface area (Å²) in [4.78, 5) is 10.4. The van der Waals surface area contributed by atoms with Gasteiger partial charge in [0.2, 0.25) is 0 Å². The van der Waals surface area contributed by atoms with E-state index in [1.165, 1.54) is 6.08 Å². The van der Waals surface area contributed by atoms with Gasteiger partial charge >= 0.3 is 0 Å². The van der Waals surface area contributed by atoms with Gasteiger partial charge in [-0.2, -0.15) is 0 Å². The molecule has 1 N–H and O–H groups in total. The summed E-state index contributed by atoms with van der Waals surface area (Å²) in [5.41, 5.74) is 0. The zero-order valence-corrected chi connectivity index (χ0v) is 7.84. The molecule has 1 aliphatic rings. The lowest BCUT2D eigenvalue weighted by Crippen LogP contribution is -2.30. The molecule has 1 rings (SSSR count). The zero-order chi connectivity index (χ0) is 8.48. The van der Waals surface area contributed by atoms with Gasteiger partial charge in [0.25, 0.3) is 0 Å². The number of rotatable bonds is 1. The minimum Gasteiger partial charge on any atom is -0.374 e. The van der Waals surface area contributed by atoms with Gasteiger partial charge < -0.3 is 9.90 Å². The van der Waals surface area contributed by atoms with Crippen molar-refractivity contribution in [3.05, 3.63) is 23.3 Å². The predicted molar refractivity (Wildman–Crippen MR) is 46.5 cm³/mol. The molecule has 0 amide bonds. The van der Waals surface area contributed by atoms with Crippen LogP contribution in [-0.2, 0) is 4.79 Å². The lowest BCUT2D eigenvalue weighted by molar-refractivity contribution is -0.112. The smallest absolute Gasteiger partial charge is 0.152 e. The van der Waals surface area contributed by atoms with Crippen molar-refractivity contribution in [3.63, 3.8) is 0 Å². The van der Waals surface area contributed by atoms with Gasteiger partial charge in [0.15, 0.2) is 4.51 Å². The molecule has 0 saturated heterocycles. The van der Waals surface area contributed by atoms with Crippen molar-refractivity contribution in [1.29, 1.82) is 0 Å². The fraction of sp³-hybridized carbons (Fsp3) is 0.286. The molecule has 60 valence electrons. The van der Waals surface area contributed by atoms with Crippen LogP contribution in [0.1, 0.15) is 0 Å². The molecule has 0 heterocycles. The molecule has 0 saturated carbocycles. The third-order valence-electron chi connectivity index (χ3n) is 1.42. The van der Waals surface area contributed by atoms with Crippen molar-refractivity contribution in [1.82, 2.24) is 0 Å². The van der Waals surface area contributed by atoms with Crippen molar-refractivity contribution < 1.29 is 9.90 Å². The number of allylic oxidation sites excluding steroid dienone is 2. The zero-order valence-electron chi connectivity index (χ0n) is 5.50. The number of carbonyl (C=O) groups is 1. The van der Waals surface area contributed by atoms with Crippen molar-refractivity contribution in [3.8, 4) is 0 Å². The third kappa shape index (κ3) is 1.92. The van der Waals surface area contributed by atoms with Gasteiger partial charge in [-0.1, -0.05) is 17.7 Å². The van der Waals surface area contributed by atoms with Crippen LogP contribution in [-0.4, -0.2) is 15.9 Å². The molecule has 0 aromatic carbocycles. The summed E-state index contributed by atoms with van der Waals surface area (Å²) in [7, 11) is 0. The van der Waals surface area contributed by atoms with Gasteiger partial charge in [0, 0.05) is 5.03 Å². The summed E-state index contributed by atoms with van der Waals surface area (Å²) in [6.45, 7) is 0. The number of halogens is 2. The first-order valence-electron chi connectivity index (χ1n) is 2.99. The third-order valence-corrected chi connectivity index (χ3v) is 2.41. The number of aldehydes is 1. The molecule has 2 atom stereocenters. The Balaban J connectivity index is 2.92. The van der Waals surface area contributed by atoms with Crippen molar-refractivity contribution in [2.45, 2.75) is 4.51 Å². The Hall–Kier alpha value is -0.120. The van der Waals surface area contributed by atoms with E-state index < -0.39 is 10.4 Å². The molecule has 0 radical (unpaired) electrons. The SMILES string of the molecule is O=CC1C=CC(Cl)=CC1(O)Br. The highest BCUT2D eigenvalue weighted by molar-refractivity contribution is 9.10. The molecular weight excluding hydrogens is 231 g/mol. The van der Waals surface area contributed by atoms with Crippen LogP contribution in [0.15, 0.2) is 23.3 Å². The van der Waals surface area contributed by atoms with Crippen LogP contribution in [0.4, 0.5) is 0 Å². The van der Waals surface area contributed by atoms with E-state index in [9.17, 15) is 9.90 Å². The molecule has 0 aliphatic heterocycles. The van der Waals surface area contributed by atoms with Gasteiger partial charge in [0.1, 0.15) is 6.29 Å².